The number of halogens is 1. The second-order valence-electron chi connectivity index (χ2n) is 3.17. The van der Waals surface area contributed by atoms with Crippen LogP contribution in [0.1, 0.15) is 5.56 Å². The van der Waals surface area contributed by atoms with E-state index >= 15 is 0 Å². The smallest absolute Gasteiger partial charge is 0.249 e. The van der Waals surface area contributed by atoms with Gasteiger partial charge in [0.15, 0.2) is 0 Å². The molecule has 2 rings (SSSR count). The summed E-state index contributed by atoms with van der Waals surface area (Å²) < 4.78 is 18.3. The first-order valence-corrected chi connectivity index (χ1v) is 5.12. The highest BCUT2D eigenvalue weighted by atomic mass is 32.1. The molecule has 0 saturated carbocycles. The Morgan fingerprint density at radius 3 is 2.88 bits per heavy atom. The van der Waals surface area contributed by atoms with Gasteiger partial charge in [-0.15, -0.1) is 5.10 Å². The molecule has 0 saturated heterocycles. The molecule has 0 amide bonds. The van der Waals surface area contributed by atoms with Crippen molar-refractivity contribution in [2.75, 3.05) is 0 Å². The van der Waals surface area contributed by atoms with Gasteiger partial charge in [0.25, 0.3) is 0 Å². The van der Waals surface area contributed by atoms with Crippen LogP contribution in [-0.2, 0) is 0 Å². The summed E-state index contributed by atoms with van der Waals surface area (Å²) in [5.74, 6) is 0.0665. The minimum Gasteiger partial charge on any atom is -0.437 e. The van der Waals surface area contributed by atoms with Crippen molar-refractivity contribution in [1.82, 2.24) is 10.2 Å². The van der Waals surface area contributed by atoms with E-state index in [1.807, 2.05) is 0 Å². The van der Waals surface area contributed by atoms with Gasteiger partial charge in [-0.1, -0.05) is 18.3 Å². The zero-order chi connectivity index (χ0) is 12.3. The number of benzene rings is 1. The molecule has 6 heteroatoms. The molecule has 0 aliphatic rings. The lowest BCUT2D eigenvalue weighted by molar-refractivity contribution is 0.450. The molecular formula is C11H8FN3OS. The summed E-state index contributed by atoms with van der Waals surface area (Å²) >= 11 is 4.85. The van der Waals surface area contributed by atoms with E-state index in [0.29, 0.717) is 11.3 Å². The van der Waals surface area contributed by atoms with Gasteiger partial charge < -0.3 is 10.5 Å². The molecule has 0 aliphatic carbocycles. The number of hydrogen-bond donors (Lipinski definition) is 1. The molecule has 0 spiro atoms. The van der Waals surface area contributed by atoms with Crippen molar-refractivity contribution in [3.63, 3.8) is 0 Å². The van der Waals surface area contributed by atoms with E-state index < -0.39 is 5.82 Å². The third-order valence-corrected chi connectivity index (χ3v) is 2.18. The first-order chi connectivity index (χ1) is 8.16. The summed E-state index contributed by atoms with van der Waals surface area (Å²) in [6.45, 7) is 0. The average Bonchev–Trinajstić information content (AvgIpc) is 2.29. The maximum Gasteiger partial charge on any atom is 0.249 e. The lowest BCUT2D eigenvalue weighted by Gasteiger charge is -2.07. The van der Waals surface area contributed by atoms with E-state index in [9.17, 15) is 4.39 Å². The average molecular weight is 249 g/mol. The molecule has 1 aromatic heterocycles. The van der Waals surface area contributed by atoms with Crippen molar-refractivity contribution in [3.8, 4) is 11.6 Å². The van der Waals surface area contributed by atoms with Crippen LogP contribution in [0.5, 0.6) is 11.6 Å². The highest BCUT2D eigenvalue weighted by molar-refractivity contribution is 7.80. The number of aromatic nitrogens is 2. The Hall–Kier alpha value is -2.08. The van der Waals surface area contributed by atoms with Crippen LogP contribution in [-0.4, -0.2) is 15.2 Å². The first kappa shape index (κ1) is 11.4. The molecule has 1 aromatic carbocycles. The molecule has 0 fully saturated rings. The molecule has 17 heavy (non-hydrogen) atoms. The number of nitrogens with zero attached hydrogens (tertiary/aromatic N) is 2. The van der Waals surface area contributed by atoms with Gasteiger partial charge in [0.1, 0.15) is 16.6 Å². The third-order valence-electron chi connectivity index (χ3n) is 1.96. The molecular weight excluding hydrogens is 241 g/mol. The van der Waals surface area contributed by atoms with Gasteiger partial charge in [-0.2, -0.15) is 5.10 Å². The van der Waals surface area contributed by atoms with Gasteiger partial charge in [0.05, 0.1) is 11.8 Å². The summed E-state index contributed by atoms with van der Waals surface area (Å²) in [4.78, 5) is 0.145. The highest BCUT2D eigenvalue weighted by Gasteiger charge is 2.09. The summed E-state index contributed by atoms with van der Waals surface area (Å²) in [5.41, 5.74) is 5.97. The fourth-order valence-corrected chi connectivity index (χ4v) is 1.38. The standard InChI is InChI=1S/C11H8FN3OS/c12-7-2-1-3-8(6-7)16-11-9(10(13)17)4-5-14-15-11/h1-6H,(H2,13,17). The normalized spacial score (nSPS) is 9.94. The quantitative estimate of drug-likeness (QED) is 0.843. The van der Waals surface area contributed by atoms with Gasteiger partial charge >= 0.3 is 0 Å². The van der Waals surface area contributed by atoms with Crippen LogP contribution in [0, 0.1) is 5.82 Å². The lowest BCUT2D eigenvalue weighted by atomic mass is 10.3. The highest BCUT2D eigenvalue weighted by Crippen LogP contribution is 2.22. The van der Waals surface area contributed by atoms with Crippen LogP contribution in [0.2, 0.25) is 0 Å². The van der Waals surface area contributed by atoms with E-state index in [1.165, 1.54) is 24.4 Å². The summed E-state index contributed by atoms with van der Waals surface area (Å²) in [6.07, 6.45) is 1.45. The van der Waals surface area contributed by atoms with E-state index in [4.69, 9.17) is 22.7 Å². The van der Waals surface area contributed by atoms with E-state index in [0.717, 1.165) is 0 Å². The van der Waals surface area contributed by atoms with Crippen molar-refractivity contribution in [2.24, 2.45) is 5.73 Å². The Morgan fingerprint density at radius 1 is 1.35 bits per heavy atom. The minimum atomic E-state index is -0.400. The zero-order valence-electron chi connectivity index (χ0n) is 8.63. The molecule has 1 heterocycles. The monoisotopic (exact) mass is 249 g/mol. The maximum absolute atomic E-state index is 13.0. The van der Waals surface area contributed by atoms with Crippen LogP contribution in [0.3, 0.4) is 0 Å². The predicted octanol–water partition coefficient (Wildman–Crippen LogP) is 2.04. The summed E-state index contributed by atoms with van der Waals surface area (Å²) in [5, 5.41) is 7.43. The van der Waals surface area contributed by atoms with Crippen LogP contribution < -0.4 is 10.5 Å². The predicted molar refractivity (Wildman–Crippen MR) is 64.4 cm³/mol. The Kier molecular flexibility index (Phi) is 3.24. The van der Waals surface area contributed by atoms with Crippen LogP contribution in [0.25, 0.3) is 0 Å². The molecule has 0 bridgehead atoms. The van der Waals surface area contributed by atoms with Gasteiger partial charge in [0.2, 0.25) is 5.88 Å². The zero-order valence-corrected chi connectivity index (χ0v) is 9.45. The minimum absolute atomic E-state index is 0.145. The fraction of sp³-hybridized carbons (Fsp3) is 0. The van der Waals surface area contributed by atoms with Crippen LogP contribution in [0.15, 0.2) is 36.5 Å². The number of thiocarbonyl (C=S) groups is 1. The fourth-order valence-electron chi connectivity index (χ4n) is 1.22. The van der Waals surface area contributed by atoms with Gasteiger partial charge in [0, 0.05) is 6.07 Å². The molecule has 0 atom stereocenters. The third kappa shape index (κ3) is 2.73. The first-order valence-electron chi connectivity index (χ1n) is 4.72. The van der Waals surface area contributed by atoms with Gasteiger partial charge in [-0.3, -0.25) is 0 Å². The van der Waals surface area contributed by atoms with Crippen LogP contribution >= 0.6 is 12.2 Å². The lowest BCUT2D eigenvalue weighted by Crippen LogP contribution is -2.12. The SMILES string of the molecule is NC(=S)c1ccnnc1Oc1cccc(F)c1. The van der Waals surface area contributed by atoms with Crippen molar-refractivity contribution < 1.29 is 9.13 Å². The molecule has 86 valence electrons. The van der Waals surface area contributed by atoms with Crippen LogP contribution in [0.4, 0.5) is 4.39 Å². The Morgan fingerprint density at radius 2 is 2.18 bits per heavy atom. The van der Waals surface area contributed by atoms with Gasteiger partial charge in [-0.05, 0) is 18.2 Å². The van der Waals surface area contributed by atoms with Crippen molar-refractivity contribution >= 4 is 17.2 Å². The number of hydrogen-bond acceptors (Lipinski definition) is 4. The van der Waals surface area contributed by atoms with Crippen molar-refractivity contribution in [1.29, 1.82) is 0 Å². The Balaban J connectivity index is 2.33. The Bertz CT molecular complexity index is 562. The largest absolute Gasteiger partial charge is 0.437 e. The van der Waals surface area contributed by atoms with E-state index in [1.54, 1.807) is 12.1 Å². The summed E-state index contributed by atoms with van der Waals surface area (Å²) in [7, 11) is 0. The van der Waals surface area contributed by atoms with Gasteiger partial charge in [-0.25, -0.2) is 4.39 Å². The molecule has 0 aliphatic heterocycles. The molecule has 0 radical (unpaired) electrons. The molecule has 2 N–H and O–H groups in total. The van der Waals surface area contributed by atoms with Crippen molar-refractivity contribution in [3.05, 3.63) is 47.9 Å². The molecule has 2 aromatic rings. The van der Waals surface area contributed by atoms with E-state index in [2.05, 4.69) is 10.2 Å². The topological polar surface area (TPSA) is 61.0 Å². The number of rotatable bonds is 3. The molecule has 4 nitrogen and oxygen atoms in total. The van der Waals surface area contributed by atoms with E-state index in [-0.39, 0.29) is 10.9 Å². The second-order valence-corrected chi connectivity index (χ2v) is 3.61. The second kappa shape index (κ2) is 4.84. The maximum atomic E-state index is 13.0. The number of ether oxygens (including phenoxy) is 1. The van der Waals surface area contributed by atoms with Crippen molar-refractivity contribution in [2.45, 2.75) is 0 Å². The summed E-state index contributed by atoms with van der Waals surface area (Å²) in [6, 6.07) is 7.27. The number of nitrogens with two attached hydrogens (primary N) is 1. The Labute approximate surface area is 102 Å². The molecule has 0 unspecified atom stereocenters.